The fourth-order valence-electron chi connectivity index (χ4n) is 3.19. The molecule has 1 atom stereocenters. The number of nitrogens with one attached hydrogen (secondary N) is 2. The molecule has 1 aliphatic rings. The Morgan fingerprint density at radius 2 is 2.17 bits per heavy atom. The van der Waals surface area contributed by atoms with Gasteiger partial charge in [-0.2, -0.15) is 5.10 Å². The highest BCUT2D eigenvalue weighted by atomic mass is 32.2. The fraction of sp³-hybridized carbons (Fsp3) is 0.316. The highest BCUT2D eigenvalue weighted by Crippen LogP contribution is 2.32. The predicted molar refractivity (Wildman–Crippen MR) is 119 cm³/mol. The van der Waals surface area contributed by atoms with Gasteiger partial charge in [0.15, 0.2) is 5.82 Å². The Bertz CT molecular complexity index is 1060. The molecular weight excluding hydrogens is 408 g/mol. The normalized spacial score (nSPS) is 16.0. The van der Waals surface area contributed by atoms with E-state index in [2.05, 4.69) is 19.8 Å². The van der Waals surface area contributed by atoms with E-state index in [0.29, 0.717) is 36.2 Å². The smallest absolute Gasteiger partial charge is 0.162 e. The standard InChI is InChI=1S/C19H22N6O2S2/c1-29(26)21-7-3-6-16-17(28)19(25-8-10-27-11-9-25)23-18(22-16)13-4-2-5-15-14(13)12-20-24-15/h2-6,12,21,28H,7-11H2,1H3,(H,20,24)/b6-3+. The minimum atomic E-state index is -1.07. The van der Waals surface area contributed by atoms with Crippen LogP contribution in [-0.4, -0.2) is 63.5 Å². The molecule has 0 radical (unpaired) electrons. The van der Waals surface area contributed by atoms with Crippen molar-refractivity contribution in [1.29, 1.82) is 0 Å². The van der Waals surface area contributed by atoms with Gasteiger partial charge < -0.3 is 9.64 Å². The maximum absolute atomic E-state index is 11.2. The highest BCUT2D eigenvalue weighted by molar-refractivity contribution is 7.82. The minimum absolute atomic E-state index is 0.472. The van der Waals surface area contributed by atoms with Crippen molar-refractivity contribution in [3.8, 4) is 11.4 Å². The number of thiol groups is 1. The Labute approximate surface area is 176 Å². The summed E-state index contributed by atoms with van der Waals surface area (Å²) in [4.78, 5) is 12.5. The summed E-state index contributed by atoms with van der Waals surface area (Å²) in [5.41, 5.74) is 2.55. The molecule has 1 aliphatic heterocycles. The molecule has 29 heavy (non-hydrogen) atoms. The van der Waals surface area contributed by atoms with Crippen LogP contribution in [0.15, 0.2) is 35.4 Å². The van der Waals surface area contributed by atoms with Crippen LogP contribution in [0.5, 0.6) is 0 Å². The number of hydrogen-bond acceptors (Lipinski definition) is 7. The van der Waals surface area contributed by atoms with E-state index < -0.39 is 11.0 Å². The van der Waals surface area contributed by atoms with Crippen LogP contribution in [-0.2, 0) is 15.7 Å². The number of H-pyrrole nitrogens is 1. The van der Waals surface area contributed by atoms with Gasteiger partial charge in [-0.1, -0.05) is 18.2 Å². The summed E-state index contributed by atoms with van der Waals surface area (Å²) in [5, 5.41) is 8.09. The van der Waals surface area contributed by atoms with Crippen LogP contribution in [0.1, 0.15) is 5.69 Å². The lowest BCUT2D eigenvalue weighted by atomic mass is 10.1. The SMILES string of the molecule is CS(=O)NC/C=C/c1nc(-c2cccc3[nH]ncc23)nc(N2CCOCC2)c1S. The topological polar surface area (TPSA) is 96.0 Å². The molecule has 0 spiro atoms. The van der Waals surface area contributed by atoms with Crippen molar-refractivity contribution < 1.29 is 8.95 Å². The Hall–Kier alpha value is -2.27. The van der Waals surface area contributed by atoms with Gasteiger partial charge in [0.1, 0.15) is 5.82 Å². The van der Waals surface area contributed by atoms with Crippen LogP contribution in [0, 0.1) is 0 Å². The molecule has 10 heteroatoms. The van der Waals surface area contributed by atoms with Crippen molar-refractivity contribution in [1.82, 2.24) is 24.9 Å². The summed E-state index contributed by atoms with van der Waals surface area (Å²) in [5.74, 6) is 1.40. The molecule has 3 heterocycles. The van der Waals surface area contributed by atoms with Gasteiger partial charge in [0.05, 0.1) is 46.5 Å². The molecule has 2 aromatic heterocycles. The largest absolute Gasteiger partial charge is 0.378 e. The second-order valence-electron chi connectivity index (χ2n) is 6.55. The number of hydrogen-bond donors (Lipinski definition) is 3. The van der Waals surface area contributed by atoms with Crippen LogP contribution < -0.4 is 9.62 Å². The average molecular weight is 431 g/mol. The summed E-state index contributed by atoms with van der Waals surface area (Å²) in [6.07, 6.45) is 7.15. The van der Waals surface area contributed by atoms with E-state index in [1.54, 1.807) is 12.5 Å². The Kier molecular flexibility index (Phi) is 6.24. The number of ether oxygens (including phenoxy) is 1. The van der Waals surface area contributed by atoms with Crippen molar-refractivity contribution in [3.63, 3.8) is 0 Å². The lowest BCUT2D eigenvalue weighted by molar-refractivity contribution is 0.122. The van der Waals surface area contributed by atoms with Gasteiger partial charge >= 0.3 is 0 Å². The number of fused-ring (bicyclic) bond motifs is 1. The molecule has 0 saturated carbocycles. The first-order chi connectivity index (χ1) is 14.1. The summed E-state index contributed by atoms with van der Waals surface area (Å²) < 4.78 is 19.6. The maximum Gasteiger partial charge on any atom is 0.162 e. The lowest BCUT2D eigenvalue weighted by Gasteiger charge is -2.29. The molecule has 0 amide bonds. The molecule has 2 N–H and O–H groups in total. The van der Waals surface area contributed by atoms with Crippen molar-refractivity contribution in [3.05, 3.63) is 36.2 Å². The van der Waals surface area contributed by atoms with Crippen molar-refractivity contribution >= 4 is 46.4 Å². The highest BCUT2D eigenvalue weighted by Gasteiger charge is 2.20. The molecule has 4 rings (SSSR count). The van der Waals surface area contributed by atoms with Crippen molar-refractivity contribution in [2.75, 3.05) is 44.0 Å². The van der Waals surface area contributed by atoms with Gasteiger partial charge in [0, 0.05) is 36.8 Å². The zero-order valence-electron chi connectivity index (χ0n) is 16.0. The van der Waals surface area contributed by atoms with E-state index in [1.165, 1.54) is 0 Å². The van der Waals surface area contributed by atoms with Gasteiger partial charge in [-0.3, -0.25) is 5.10 Å². The Morgan fingerprint density at radius 1 is 1.34 bits per heavy atom. The van der Waals surface area contributed by atoms with Gasteiger partial charge in [0.25, 0.3) is 0 Å². The first kappa shape index (κ1) is 20.0. The number of morpholine rings is 1. The third-order valence-electron chi connectivity index (χ3n) is 4.61. The van der Waals surface area contributed by atoms with Crippen LogP contribution in [0.2, 0.25) is 0 Å². The number of aromatic amines is 1. The molecule has 1 aromatic carbocycles. The van der Waals surface area contributed by atoms with Crippen LogP contribution in [0.3, 0.4) is 0 Å². The summed E-state index contributed by atoms with van der Waals surface area (Å²) >= 11 is 4.73. The zero-order chi connectivity index (χ0) is 20.2. The molecule has 1 unspecified atom stereocenters. The quantitative estimate of drug-likeness (QED) is 0.518. The fourth-order valence-corrected chi connectivity index (χ4v) is 3.84. The lowest BCUT2D eigenvalue weighted by Crippen LogP contribution is -2.37. The number of rotatable bonds is 6. The minimum Gasteiger partial charge on any atom is -0.378 e. The summed E-state index contributed by atoms with van der Waals surface area (Å²) in [7, 11) is -1.07. The number of benzene rings is 1. The monoisotopic (exact) mass is 430 g/mol. The molecule has 3 aromatic rings. The third-order valence-corrected chi connectivity index (χ3v) is 5.61. The van der Waals surface area contributed by atoms with E-state index in [-0.39, 0.29) is 0 Å². The predicted octanol–water partition coefficient (Wildman–Crippen LogP) is 2.04. The van der Waals surface area contributed by atoms with Crippen molar-refractivity contribution in [2.45, 2.75) is 4.90 Å². The Morgan fingerprint density at radius 3 is 2.97 bits per heavy atom. The molecular formula is C19H22N6O2S2. The molecule has 8 nitrogen and oxygen atoms in total. The zero-order valence-corrected chi connectivity index (χ0v) is 17.7. The Balaban J connectivity index is 1.79. The number of nitrogens with zero attached hydrogens (tertiary/aromatic N) is 4. The van der Waals surface area contributed by atoms with Gasteiger partial charge in [-0.15, -0.1) is 12.6 Å². The molecule has 0 aliphatic carbocycles. The molecule has 1 saturated heterocycles. The maximum atomic E-state index is 11.2. The van der Waals surface area contributed by atoms with Gasteiger partial charge in [-0.05, 0) is 12.1 Å². The van der Waals surface area contributed by atoms with E-state index in [9.17, 15) is 4.21 Å². The van der Waals surface area contributed by atoms with Gasteiger partial charge in [0.2, 0.25) is 0 Å². The van der Waals surface area contributed by atoms with Gasteiger partial charge in [-0.25, -0.2) is 18.9 Å². The van der Waals surface area contributed by atoms with E-state index >= 15 is 0 Å². The second-order valence-corrected chi connectivity index (χ2v) is 8.19. The first-order valence-corrected chi connectivity index (χ1v) is 11.2. The average Bonchev–Trinajstić information content (AvgIpc) is 3.22. The van der Waals surface area contributed by atoms with Crippen LogP contribution in [0.4, 0.5) is 5.82 Å². The molecule has 0 bridgehead atoms. The van der Waals surface area contributed by atoms with Crippen LogP contribution >= 0.6 is 12.6 Å². The second kappa shape index (κ2) is 9.04. The number of anilines is 1. The number of aromatic nitrogens is 4. The van der Waals surface area contributed by atoms with E-state index in [0.717, 1.165) is 35.4 Å². The molecule has 152 valence electrons. The first-order valence-electron chi connectivity index (χ1n) is 9.23. The van der Waals surface area contributed by atoms with Crippen molar-refractivity contribution in [2.24, 2.45) is 0 Å². The van der Waals surface area contributed by atoms with E-state index in [1.807, 2.05) is 30.4 Å². The summed E-state index contributed by atoms with van der Waals surface area (Å²) in [6, 6.07) is 5.92. The summed E-state index contributed by atoms with van der Waals surface area (Å²) in [6.45, 7) is 3.28. The van der Waals surface area contributed by atoms with Crippen LogP contribution in [0.25, 0.3) is 28.4 Å². The molecule has 1 fully saturated rings. The third kappa shape index (κ3) is 4.50. The van der Waals surface area contributed by atoms with E-state index in [4.69, 9.17) is 27.3 Å².